The molecule has 0 bridgehead atoms. The maximum absolute atomic E-state index is 12.8. The van der Waals surface area contributed by atoms with Crippen LogP contribution in [-0.2, 0) is 20.0 Å². The highest BCUT2D eigenvalue weighted by atomic mass is 35.5. The first-order valence-electron chi connectivity index (χ1n) is 11.3. The Kier molecular flexibility index (Phi) is 7.77. The normalized spacial score (nSPS) is 11.6. The first-order chi connectivity index (χ1) is 17.9. The number of rotatable bonds is 8. The number of amides is 1. The van der Waals surface area contributed by atoms with Gasteiger partial charge in [-0.1, -0.05) is 41.9 Å². The van der Waals surface area contributed by atoms with Gasteiger partial charge in [0.1, 0.15) is 0 Å². The third-order valence-electron chi connectivity index (χ3n) is 5.58. The lowest BCUT2D eigenvalue weighted by Gasteiger charge is -2.13. The predicted molar refractivity (Wildman–Crippen MR) is 150 cm³/mol. The highest BCUT2D eigenvalue weighted by Crippen LogP contribution is 2.25. The van der Waals surface area contributed by atoms with E-state index in [1.807, 2.05) is 26.0 Å². The Balaban J connectivity index is 1.45. The summed E-state index contributed by atoms with van der Waals surface area (Å²) in [5.74, 6) is -0.545. The molecule has 8 nitrogen and oxygen atoms in total. The summed E-state index contributed by atoms with van der Waals surface area (Å²) in [4.78, 5) is 12.9. The Bertz CT molecular complexity index is 1710. The van der Waals surface area contributed by atoms with Crippen LogP contribution >= 0.6 is 11.6 Å². The van der Waals surface area contributed by atoms with E-state index in [4.69, 9.17) is 11.6 Å². The van der Waals surface area contributed by atoms with Gasteiger partial charge < -0.3 is 5.32 Å². The molecule has 0 aliphatic heterocycles. The van der Waals surface area contributed by atoms with Gasteiger partial charge in [0, 0.05) is 5.69 Å². The average Bonchev–Trinajstić information content (AvgIpc) is 2.87. The van der Waals surface area contributed by atoms with Crippen molar-refractivity contribution in [3.8, 4) is 0 Å². The van der Waals surface area contributed by atoms with Gasteiger partial charge in [0.2, 0.25) is 0 Å². The summed E-state index contributed by atoms with van der Waals surface area (Å²) in [6.07, 6.45) is 0. The summed E-state index contributed by atoms with van der Waals surface area (Å²) in [5, 5.41) is 2.70. The van der Waals surface area contributed by atoms with E-state index < -0.39 is 26.0 Å². The summed E-state index contributed by atoms with van der Waals surface area (Å²) in [5.41, 5.74) is 2.87. The van der Waals surface area contributed by atoms with E-state index in [1.54, 1.807) is 24.3 Å². The molecule has 1 amide bonds. The maximum Gasteiger partial charge on any atom is 0.261 e. The fourth-order valence-corrected chi connectivity index (χ4v) is 6.00. The number of halogens is 1. The van der Waals surface area contributed by atoms with Gasteiger partial charge in [0.25, 0.3) is 26.0 Å². The van der Waals surface area contributed by atoms with Crippen molar-refractivity contribution in [2.45, 2.75) is 23.6 Å². The molecule has 11 heteroatoms. The molecule has 0 heterocycles. The first kappa shape index (κ1) is 27.2. The van der Waals surface area contributed by atoms with E-state index in [0.29, 0.717) is 11.4 Å². The predicted octanol–water partition coefficient (Wildman–Crippen LogP) is 5.81. The van der Waals surface area contributed by atoms with Gasteiger partial charge in [-0.2, -0.15) is 0 Å². The molecule has 0 saturated carbocycles. The van der Waals surface area contributed by atoms with Crippen LogP contribution in [0.1, 0.15) is 21.5 Å². The van der Waals surface area contributed by atoms with Gasteiger partial charge in [-0.25, -0.2) is 16.8 Å². The molecule has 0 saturated heterocycles. The molecule has 4 rings (SSSR count). The molecule has 196 valence electrons. The minimum Gasteiger partial charge on any atom is -0.322 e. The number of hydrogen-bond donors (Lipinski definition) is 3. The number of carbonyl (C=O) groups excluding carboxylic acids is 1. The van der Waals surface area contributed by atoms with Crippen LogP contribution in [0.4, 0.5) is 17.1 Å². The van der Waals surface area contributed by atoms with Crippen molar-refractivity contribution in [3.05, 3.63) is 113 Å². The number of nitrogens with one attached hydrogen (secondary N) is 3. The maximum atomic E-state index is 12.8. The van der Waals surface area contributed by atoms with Crippen molar-refractivity contribution >= 4 is 54.6 Å². The number of benzene rings is 4. The van der Waals surface area contributed by atoms with Gasteiger partial charge in [0.05, 0.1) is 31.8 Å². The minimum absolute atomic E-state index is 0.0319. The SMILES string of the molecule is Cc1ccc(C)c(NS(=O)(=O)c2ccc(NC(=O)c3ccc(NS(=O)(=O)c4ccccc4)cc3Cl)cc2)c1. The lowest BCUT2D eigenvalue weighted by atomic mass is 10.1. The van der Waals surface area contributed by atoms with Crippen molar-refractivity contribution in [1.82, 2.24) is 0 Å². The van der Waals surface area contributed by atoms with Crippen LogP contribution in [0.5, 0.6) is 0 Å². The smallest absolute Gasteiger partial charge is 0.261 e. The largest absolute Gasteiger partial charge is 0.322 e. The van der Waals surface area contributed by atoms with Crippen molar-refractivity contribution in [1.29, 1.82) is 0 Å². The van der Waals surface area contributed by atoms with Crippen LogP contribution in [0.25, 0.3) is 0 Å². The molecule has 0 atom stereocenters. The zero-order valence-electron chi connectivity index (χ0n) is 20.4. The topological polar surface area (TPSA) is 121 Å². The van der Waals surface area contributed by atoms with Crippen molar-refractivity contribution in [2.24, 2.45) is 0 Å². The molecule has 0 radical (unpaired) electrons. The number of hydrogen-bond acceptors (Lipinski definition) is 5. The molecule has 3 N–H and O–H groups in total. The quantitative estimate of drug-likeness (QED) is 0.247. The van der Waals surface area contributed by atoms with Gasteiger partial charge in [0.15, 0.2) is 0 Å². The second kappa shape index (κ2) is 10.9. The monoisotopic (exact) mass is 569 g/mol. The van der Waals surface area contributed by atoms with E-state index in [1.165, 1.54) is 54.6 Å². The van der Waals surface area contributed by atoms with Crippen LogP contribution in [0, 0.1) is 13.8 Å². The minimum atomic E-state index is -3.84. The number of anilines is 3. The van der Waals surface area contributed by atoms with Crippen molar-refractivity contribution in [3.63, 3.8) is 0 Å². The highest BCUT2D eigenvalue weighted by Gasteiger charge is 2.18. The lowest BCUT2D eigenvalue weighted by molar-refractivity contribution is 0.102. The van der Waals surface area contributed by atoms with E-state index >= 15 is 0 Å². The standard InChI is InChI=1S/C27H24ClN3O5S2/c1-18-8-9-19(2)26(16-18)31-38(35,36)23-13-10-20(11-14-23)29-27(32)24-15-12-21(17-25(24)28)30-37(33,34)22-6-4-3-5-7-22/h3-17,30-31H,1-2H3,(H,29,32). The second-order valence-electron chi connectivity index (χ2n) is 8.52. The summed E-state index contributed by atoms with van der Waals surface area (Å²) in [7, 11) is -7.65. The van der Waals surface area contributed by atoms with Gasteiger partial charge >= 0.3 is 0 Å². The molecule has 0 aliphatic rings. The van der Waals surface area contributed by atoms with Crippen LogP contribution in [0.15, 0.2) is 101 Å². The van der Waals surface area contributed by atoms with Crippen molar-refractivity contribution < 1.29 is 21.6 Å². The van der Waals surface area contributed by atoms with Crippen LogP contribution < -0.4 is 14.8 Å². The van der Waals surface area contributed by atoms with Crippen LogP contribution in [0.2, 0.25) is 5.02 Å². The number of carbonyl (C=O) groups is 1. The van der Waals surface area contributed by atoms with E-state index in [2.05, 4.69) is 14.8 Å². The zero-order chi connectivity index (χ0) is 27.5. The zero-order valence-corrected chi connectivity index (χ0v) is 22.8. The number of sulfonamides is 2. The molecular weight excluding hydrogens is 546 g/mol. The van der Waals surface area contributed by atoms with Gasteiger partial charge in [-0.15, -0.1) is 0 Å². The van der Waals surface area contributed by atoms with Crippen LogP contribution in [0.3, 0.4) is 0 Å². The molecule has 0 aromatic heterocycles. The summed E-state index contributed by atoms with van der Waals surface area (Å²) >= 11 is 6.27. The van der Waals surface area contributed by atoms with E-state index in [-0.39, 0.29) is 26.1 Å². The van der Waals surface area contributed by atoms with Crippen LogP contribution in [-0.4, -0.2) is 22.7 Å². The summed E-state index contributed by atoms with van der Waals surface area (Å²) < 4.78 is 55.7. The first-order valence-corrected chi connectivity index (χ1v) is 14.7. The third kappa shape index (κ3) is 6.34. The summed E-state index contributed by atoms with van der Waals surface area (Å²) in [6.45, 7) is 3.68. The highest BCUT2D eigenvalue weighted by molar-refractivity contribution is 7.93. The number of aryl methyl sites for hydroxylation is 2. The molecule has 38 heavy (non-hydrogen) atoms. The Hall–Kier alpha value is -3.86. The molecular formula is C27H24ClN3O5S2. The van der Waals surface area contributed by atoms with Gasteiger partial charge in [-0.3, -0.25) is 14.2 Å². The second-order valence-corrected chi connectivity index (χ2v) is 12.3. The summed E-state index contributed by atoms with van der Waals surface area (Å²) in [6, 6.07) is 23.2. The molecule has 0 spiro atoms. The molecule has 4 aromatic rings. The van der Waals surface area contributed by atoms with E-state index in [9.17, 15) is 21.6 Å². The average molecular weight is 570 g/mol. The Morgan fingerprint density at radius 3 is 1.95 bits per heavy atom. The molecule has 0 aliphatic carbocycles. The lowest BCUT2D eigenvalue weighted by Crippen LogP contribution is -2.15. The molecule has 0 unspecified atom stereocenters. The third-order valence-corrected chi connectivity index (χ3v) is 8.67. The van der Waals surface area contributed by atoms with Crippen molar-refractivity contribution in [2.75, 3.05) is 14.8 Å². The van der Waals surface area contributed by atoms with Gasteiger partial charge in [-0.05, 0) is 85.6 Å². The fourth-order valence-electron chi connectivity index (χ4n) is 3.54. The fraction of sp³-hybridized carbons (Fsp3) is 0.0741. The molecule has 0 fully saturated rings. The Labute approximate surface area is 226 Å². The molecule has 4 aromatic carbocycles. The Morgan fingerprint density at radius 2 is 1.29 bits per heavy atom. The van der Waals surface area contributed by atoms with E-state index in [0.717, 1.165) is 11.1 Å². The Morgan fingerprint density at radius 1 is 0.684 bits per heavy atom.